The Morgan fingerprint density at radius 3 is 2.44 bits per heavy atom. The standard InChI is InChI=1S/C13H15N3/c1-9(2)11-8-15-13(14)16-12(11)10-6-4-3-5-7-10/h3-9H,1-2H3,(H2,14,15,16). The van der Waals surface area contributed by atoms with Crippen LogP contribution in [0.2, 0.25) is 0 Å². The summed E-state index contributed by atoms with van der Waals surface area (Å²) in [4.78, 5) is 8.38. The van der Waals surface area contributed by atoms with E-state index in [1.165, 1.54) is 0 Å². The Hall–Kier alpha value is -1.90. The highest BCUT2D eigenvalue weighted by Gasteiger charge is 2.10. The first kappa shape index (κ1) is 10.6. The lowest BCUT2D eigenvalue weighted by atomic mass is 9.99. The molecule has 0 amide bonds. The first-order chi connectivity index (χ1) is 7.68. The molecule has 0 aliphatic carbocycles. The Morgan fingerprint density at radius 2 is 1.81 bits per heavy atom. The maximum absolute atomic E-state index is 5.64. The Morgan fingerprint density at radius 1 is 1.12 bits per heavy atom. The van der Waals surface area contributed by atoms with Gasteiger partial charge in [-0.1, -0.05) is 44.2 Å². The molecule has 0 unspecified atom stereocenters. The van der Waals surface area contributed by atoms with Crippen molar-refractivity contribution in [2.45, 2.75) is 19.8 Å². The van der Waals surface area contributed by atoms with Crippen LogP contribution in [0.4, 0.5) is 5.95 Å². The normalized spacial score (nSPS) is 10.7. The van der Waals surface area contributed by atoms with Crippen molar-refractivity contribution in [3.8, 4) is 11.3 Å². The van der Waals surface area contributed by atoms with E-state index < -0.39 is 0 Å². The van der Waals surface area contributed by atoms with Gasteiger partial charge in [0.25, 0.3) is 0 Å². The fraction of sp³-hybridized carbons (Fsp3) is 0.231. The molecule has 0 atom stereocenters. The topological polar surface area (TPSA) is 51.8 Å². The van der Waals surface area contributed by atoms with Crippen molar-refractivity contribution >= 4 is 5.95 Å². The molecular formula is C13H15N3. The van der Waals surface area contributed by atoms with E-state index in [0.29, 0.717) is 11.9 Å². The lowest BCUT2D eigenvalue weighted by Gasteiger charge is -2.11. The maximum atomic E-state index is 5.64. The van der Waals surface area contributed by atoms with Gasteiger partial charge in [0.1, 0.15) is 0 Å². The molecule has 0 bridgehead atoms. The van der Waals surface area contributed by atoms with Crippen LogP contribution in [0.5, 0.6) is 0 Å². The van der Waals surface area contributed by atoms with Crippen LogP contribution in [0.1, 0.15) is 25.3 Å². The highest BCUT2D eigenvalue weighted by atomic mass is 15.0. The highest BCUT2D eigenvalue weighted by molar-refractivity contribution is 5.64. The van der Waals surface area contributed by atoms with Crippen LogP contribution in [-0.4, -0.2) is 9.97 Å². The van der Waals surface area contributed by atoms with Gasteiger partial charge in [0.2, 0.25) is 5.95 Å². The molecule has 3 heteroatoms. The number of aromatic nitrogens is 2. The molecule has 1 aromatic heterocycles. The molecule has 0 fully saturated rings. The van der Waals surface area contributed by atoms with Gasteiger partial charge in [0.15, 0.2) is 0 Å². The predicted octanol–water partition coefficient (Wildman–Crippen LogP) is 2.85. The Labute approximate surface area is 95.4 Å². The SMILES string of the molecule is CC(C)c1cnc(N)nc1-c1ccccc1. The Balaban J connectivity index is 2.58. The number of hydrogen-bond acceptors (Lipinski definition) is 3. The van der Waals surface area contributed by atoms with Gasteiger partial charge in [-0.3, -0.25) is 0 Å². The molecule has 0 saturated carbocycles. The molecule has 0 aliphatic heterocycles. The minimum absolute atomic E-state index is 0.322. The van der Waals surface area contributed by atoms with Crippen LogP contribution in [0, 0.1) is 0 Å². The largest absolute Gasteiger partial charge is 0.368 e. The summed E-state index contributed by atoms with van der Waals surface area (Å²) in [6, 6.07) is 10.1. The van der Waals surface area contributed by atoms with Crippen LogP contribution >= 0.6 is 0 Å². The van der Waals surface area contributed by atoms with Gasteiger partial charge < -0.3 is 5.73 Å². The quantitative estimate of drug-likeness (QED) is 0.834. The molecule has 0 saturated heterocycles. The van der Waals surface area contributed by atoms with Gasteiger partial charge in [-0.15, -0.1) is 0 Å². The van der Waals surface area contributed by atoms with Gasteiger partial charge in [-0.25, -0.2) is 9.97 Å². The minimum Gasteiger partial charge on any atom is -0.368 e. The number of rotatable bonds is 2. The van der Waals surface area contributed by atoms with E-state index in [1.54, 1.807) is 0 Å². The Kier molecular flexibility index (Phi) is 2.86. The molecule has 82 valence electrons. The molecule has 2 aromatic rings. The van der Waals surface area contributed by atoms with E-state index in [-0.39, 0.29) is 0 Å². The van der Waals surface area contributed by atoms with E-state index in [9.17, 15) is 0 Å². The van der Waals surface area contributed by atoms with E-state index in [2.05, 4.69) is 23.8 Å². The van der Waals surface area contributed by atoms with E-state index in [0.717, 1.165) is 16.8 Å². The van der Waals surface area contributed by atoms with Crippen LogP contribution in [0.25, 0.3) is 11.3 Å². The Bertz CT molecular complexity index is 478. The summed E-state index contributed by atoms with van der Waals surface area (Å²) >= 11 is 0. The van der Waals surface area contributed by atoms with Crippen molar-refractivity contribution in [1.82, 2.24) is 9.97 Å². The minimum atomic E-state index is 0.322. The zero-order chi connectivity index (χ0) is 11.5. The maximum Gasteiger partial charge on any atom is 0.220 e. The molecule has 3 nitrogen and oxygen atoms in total. The van der Waals surface area contributed by atoms with Crippen LogP contribution in [0.3, 0.4) is 0 Å². The molecule has 0 spiro atoms. The second-order valence-corrected chi connectivity index (χ2v) is 4.05. The molecule has 2 rings (SSSR count). The number of nitrogens with zero attached hydrogens (tertiary/aromatic N) is 2. The second-order valence-electron chi connectivity index (χ2n) is 4.05. The van der Waals surface area contributed by atoms with E-state index in [4.69, 9.17) is 5.73 Å². The first-order valence-electron chi connectivity index (χ1n) is 5.36. The first-order valence-corrected chi connectivity index (χ1v) is 5.36. The summed E-state index contributed by atoms with van der Waals surface area (Å²) < 4.78 is 0. The smallest absolute Gasteiger partial charge is 0.220 e. The fourth-order valence-corrected chi connectivity index (χ4v) is 1.65. The van der Waals surface area contributed by atoms with Crippen molar-refractivity contribution in [2.24, 2.45) is 0 Å². The summed E-state index contributed by atoms with van der Waals surface area (Å²) in [6.07, 6.45) is 1.81. The predicted molar refractivity (Wildman–Crippen MR) is 66.0 cm³/mol. The summed E-state index contributed by atoms with van der Waals surface area (Å²) in [6.45, 7) is 4.25. The number of nitrogen functional groups attached to an aromatic ring is 1. The zero-order valence-electron chi connectivity index (χ0n) is 9.51. The highest BCUT2D eigenvalue weighted by Crippen LogP contribution is 2.26. The van der Waals surface area contributed by atoms with Crippen LogP contribution in [-0.2, 0) is 0 Å². The third-order valence-corrected chi connectivity index (χ3v) is 2.50. The lowest BCUT2D eigenvalue weighted by Crippen LogP contribution is -2.02. The van der Waals surface area contributed by atoms with Crippen molar-refractivity contribution in [3.63, 3.8) is 0 Å². The average Bonchev–Trinajstić information content (AvgIpc) is 2.29. The van der Waals surface area contributed by atoms with Crippen LogP contribution in [0.15, 0.2) is 36.5 Å². The van der Waals surface area contributed by atoms with Crippen molar-refractivity contribution in [3.05, 3.63) is 42.1 Å². The van der Waals surface area contributed by atoms with Gasteiger partial charge in [-0.05, 0) is 11.5 Å². The second kappa shape index (κ2) is 4.31. The fourth-order valence-electron chi connectivity index (χ4n) is 1.65. The summed E-state index contributed by atoms with van der Waals surface area (Å²) in [5.41, 5.74) is 8.79. The van der Waals surface area contributed by atoms with Crippen molar-refractivity contribution < 1.29 is 0 Å². The van der Waals surface area contributed by atoms with Gasteiger partial charge in [0.05, 0.1) is 5.69 Å². The number of nitrogens with two attached hydrogens (primary N) is 1. The molecule has 0 radical (unpaired) electrons. The number of hydrogen-bond donors (Lipinski definition) is 1. The summed E-state index contributed by atoms with van der Waals surface area (Å²) in [5, 5.41) is 0. The van der Waals surface area contributed by atoms with E-state index >= 15 is 0 Å². The lowest BCUT2D eigenvalue weighted by molar-refractivity contribution is 0.851. The average molecular weight is 213 g/mol. The third-order valence-electron chi connectivity index (χ3n) is 2.50. The van der Waals surface area contributed by atoms with Gasteiger partial charge in [-0.2, -0.15) is 0 Å². The van der Waals surface area contributed by atoms with Crippen LogP contribution < -0.4 is 5.73 Å². The zero-order valence-corrected chi connectivity index (χ0v) is 9.51. The molecule has 1 heterocycles. The van der Waals surface area contributed by atoms with Crippen molar-refractivity contribution in [1.29, 1.82) is 0 Å². The summed E-state index contributed by atoms with van der Waals surface area (Å²) in [7, 11) is 0. The third kappa shape index (κ3) is 2.03. The molecular weight excluding hydrogens is 198 g/mol. The molecule has 2 N–H and O–H groups in total. The van der Waals surface area contributed by atoms with Gasteiger partial charge in [0, 0.05) is 11.8 Å². The van der Waals surface area contributed by atoms with E-state index in [1.807, 2.05) is 36.5 Å². The van der Waals surface area contributed by atoms with Crippen molar-refractivity contribution in [2.75, 3.05) is 5.73 Å². The van der Waals surface area contributed by atoms with Gasteiger partial charge >= 0.3 is 0 Å². The molecule has 16 heavy (non-hydrogen) atoms. The number of anilines is 1. The monoisotopic (exact) mass is 213 g/mol. The number of benzene rings is 1. The molecule has 1 aromatic carbocycles. The summed E-state index contributed by atoms with van der Waals surface area (Å²) in [5.74, 6) is 0.707. The molecule has 0 aliphatic rings.